The molecule has 1 heterocycles. The van der Waals surface area contributed by atoms with Gasteiger partial charge in [-0.15, -0.1) is 10.2 Å². The summed E-state index contributed by atoms with van der Waals surface area (Å²) in [6, 6.07) is 9.66. The smallest absolute Gasteiger partial charge is 0.416 e. The number of alkyl halides is 5. The molecule has 0 radical (unpaired) electrons. The van der Waals surface area contributed by atoms with Crippen LogP contribution in [-0.2, 0) is 12.1 Å². The highest BCUT2D eigenvalue weighted by molar-refractivity contribution is 14.1. The van der Waals surface area contributed by atoms with Crippen LogP contribution >= 0.6 is 22.6 Å². The number of halogens is 6. The van der Waals surface area contributed by atoms with E-state index in [4.69, 9.17) is 4.74 Å². The molecular formula is C22H17F5IN3O2. The van der Waals surface area contributed by atoms with Gasteiger partial charge in [-0.3, -0.25) is 4.79 Å². The Labute approximate surface area is 199 Å². The summed E-state index contributed by atoms with van der Waals surface area (Å²) in [6.45, 7) is 2.33. The van der Waals surface area contributed by atoms with E-state index in [1.165, 1.54) is 18.2 Å². The highest BCUT2D eigenvalue weighted by atomic mass is 127. The van der Waals surface area contributed by atoms with E-state index >= 15 is 0 Å². The average molecular weight is 577 g/mol. The van der Waals surface area contributed by atoms with Gasteiger partial charge in [0.25, 0.3) is 17.7 Å². The largest absolute Gasteiger partial charge is 0.437 e. The standard InChI is InChI=1S/C22H17F5IN3O2/c1-12-6-7-17(13(2)8-12)21(23,24)11-29-19(32)16-10-18(28)30-31-20(16)33-15-5-3-4-14(9-15)22(25,26)27/h3-10H,11H2,1-2H3,(H,29,32). The quantitative estimate of drug-likeness (QED) is 0.287. The van der Waals surface area contributed by atoms with Gasteiger partial charge in [-0.2, -0.15) is 22.0 Å². The Bertz CT molecular complexity index is 1180. The van der Waals surface area contributed by atoms with Crippen LogP contribution in [0.4, 0.5) is 22.0 Å². The zero-order valence-electron chi connectivity index (χ0n) is 17.3. The highest BCUT2D eigenvalue weighted by Crippen LogP contribution is 2.33. The Morgan fingerprint density at radius 3 is 2.42 bits per heavy atom. The molecule has 0 aliphatic rings. The molecule has 1 N–H and O–H groups in total. The molecule has 0 saturated carbocycles. The molecule has 0 atom stereocenters. The molecule has 174 valence electrons. The van der Waals surface area contributed by atoms with Crippen LogP contribution in [-0.4, -0.2) is 22.6 Å². The second-order valence-corrected chi connectivity index (χ2v) is 8.32. The molecule has 0 spiro atoms. The highest BCUT2D eigenvalue weighted by Gasteiger charge is 2.34. The van der Waals surface area contributed by atoms with Gasteiger partial charge in [-0.05, 0) is 66.3 Å². The first kappa shape index (κ1) is 24.8. The molecule has 33 heavy (non-hydrogen) atoms. The summed E-state index contributed by atoms with van der Waals surface area (Å²) in [6.07, 6.45) is -4.60. The Kier molecular flexibility index (Phi) is 7.20. The number of carbonyl (C=O) groups excluding carboxylic acids is 1. The van der Waals surface area contributed by atoms with Gasteiger partial charge in [0.1, 0.15) is 15.0 Å². The molecule has 11 heteroatoms. The summed E-state index contributed by atoms with van der Waals surface area (Å²) >= 11 is 1.76. The normalized spacial score (nSPS) is 11.9. The third kappa shape index (κ3) is 6.15. The van der Waals surface area contributed by atoms with E-state index in [1.807, 2.05) is 0 Å². The van der Waals surface area contributed by atoms with Crippen LogP contribution in [0, 0.1) is 17.5 Å². The molecule has 3 rings (SSSR count). The van der Waals surface area contributed by atoms with Gasteiger partial charge in [-0.25, -0.2) is 0 Å². The second kappa shape index (κ2) is 9.57. The van der Waals surface area contributed by atoms with Crippen molar-refractivity contribution in [2.75, 3.05) is 6.54 Å². The lowest BCUT2D eigenvalue weighted by atomic mass is 10.00. The number of hydrogen-bond acceptors (Lipinski definition) is 4. The van der Waals surface area contributed by atoms with Gasteiger partial charge in [0.15, 0.2) is 0 Å². The van der Waals surface area contributed by atoms with E-state index in [2.05, 4.69) is 15.5 Å². The monoisotopic (exact) mass is 577 g/mol. The maximum atomic E-state index is 14.7. The molecule has 0 saturated heterocycles. The first-order chi connectivity index (χ1) is 15.4. The Morgan fingerprint density at radius 2 is 1.76 bits per heavy atom. The Morgan fingerprint density at radius 1 is 1.03 bits per heavy atom. The van der Waals surface area contributed by atoms with Gasteiger partial charge in [0.2, 0.25) is 0 Å². The zero-order chi connectivity index (χ0) is 24.4. The van der Waals surface area contributed by atoms with Crippen molar-refractivity contribution in [3.8, 4) is 11.6 Å². The van der Waals surface area contributed by atoms with Gasteiger partial charge in [-0.1, -0.05) is 29.8 Å². The van der Waals surface area contributed by atoms with Crippen LogP contribution in [0.15, 0.2) is 48.5 Å². The summed E-state index contributed by atoms with van der Waals surface area (Å²) in [5.74, 6) is -4.95. The van der Waals surface area contributed by atoms with Crippen molar-refractivity contribution in [1.29, 1.82) is 0 Å². The van der Waals surface area contributed by atoms with Gasteiger partial charge < -0.3 is 10.1 Å². The van der Waals surface area contributed by atoms with Crippen LogP contribution in [0.5, 0.6) is 11.6 Å². The van der Waals surface area contributed by atoms with E-state index in [0.29, 0.717) is 5.56 Å². The predicted molar refractivity (Wildman–Crippen MR) is 118 cm³/mol. The molecule has 0 aliphatic heterocycles. The summed E-state index contributed by atoms with van der Waals surface area (Å²) in [5.41, 5.74) is -0.232. The Hall–Kier alpha value is -2.83. The summed E-state index contributed by atoms with van der Waals surface area (Å²) in [7, 11) is 0. The topological polar surface area (TPSA) is 64.1 Å². The van der Waals surface area contributed by atoms with Gasteiger partial charge in [0.05, 0.1) is 12.1 Å². The van der Waals surface area contributed by atoms with E-state index < -0.39 is 36.0 Å². The third-order valence-corrected chi connectivity index (χ3v) is 5.12. The average Bonchev–Trinajstić information content (AvgIpc) is 2.72. The molecular weight excluding hydrogens is 560 g/mol. The lowest BCUT2D eigenvalue weighted by molar-refractivity contribution is -0.137. The number of aryl methyl sites for hydroxylation is 2. The minimum absolute atomic E-state index is 0.226. The maximum Gasteiger partial charge on any atom is 0.416 e. The second-order valence-electron chi connectivity index (χ2n) is 7.22. The first-order valence-electron chi connectivity index (χ1n) is 9.49. The molecule has 1 amide bonds. The number of benzene rings is 2. The lowest BCUT2D eigenvalue weighted by Gasteiger charge is -2.20. The van der Waals surface area contributed by atoms with Gasteiger partial charge >= 0.3 is 6.18 Å². The fraction of sp³-hybridized carbons (Fsp3) is 0.227. The SMILES string of the molecule is Cc1ccc(C(F)(F)CNC(=O)c2cc(I)nnc2Oc2cccc(C(F)(F)F)c2)c(C)c1. The van der Waals surface area contributed by atoms with E-state index in [9.17, 15) is 26.7 Å². The summed E-state index contributed by atoms with van der Waals surface area (Å²) < 4.78 is 73.9. The van der Waals surface area contributed by atoms with Crippen LogP contribution in [0.2, 0.25) is 0 Å². The van der Waals surface area contributed by atoms with Crippen LogP contribution in [0.1, 0.15) is 32.6 Å². The van der Waals surface area contributed by atoms with Gasteiger partial charge in [0, 0.05) is 5.56 Å². The number of nitrogens with zero attached hydrogens (tertiary/aromatic N) is 2. The molecule has 0 aliphatic carbocycles. The first-order valence-corrected chi connectivity index (χ1v) is 10.6. The van der Waals surface area contributed by atoms with E-state index in [0.717, 1.165) is 23.8 Å². The lowest BCUT2D eigenvalue weighted by Crippen LogP contribution is -2.35. The maximum absolute atomic E-state index is 14.7. The van der Waals surface area contributed by atoms with Crippen molar-refractivity contribution in [3.05, 3.63) is 80.0 Å². The van der Waals surface area contributed by atoms with Crippen molar-refractivity contribution in [2.24, 2.45) is 0 Å². The van der Waals surface area contributed by atoms with Crippen molar-refractivity contribution in [3.63, 3.8) is 0 Å². The van der Waals surface area contributed by atoms with Crippen molar-refractivity contribution >= 4 is 28.5 Å². The minimum atomic E-state index is -4.60. The number of aromatic nitrogens is 2. The minimum Gasteiger partial charge on any atom is -0.437 e. The number of amides is 1. The Balaban J connectivity index is 1.82. The van der Waals surface area contributed by atoms with Crippen molar-refractivity contribution < 1.29 is 31.5 Å². The number of nitrogens with one attached hydrogen (secondary N) is 1. The van der Waals surface area contributed by atoms with Crippen LogP contribution < -0.4 is 10.1 Å². The number of rotatable bonds is 6. The molecule has 5 nitrogen and oxygen atoms in total. The van der Waals surface area contributed by atoms with Crippen LogP contribution in [0.3, 0.4) is 0 Å². The van der Waals surface area contributed by atoms with E-state index in [-0.39, 0.29) is 20.6 Å². The van der Waals surface area contributed by atoms with Crippen LogP contribution in [0.25, 0.3) is 0 Å². The zero-order valence-corrected chi connectivity index (χ0v) is 19.5. The molecule has 3 aromatic rings. The predicted octanol–water partition coefficient (Wildman–Crippen LogP) is 6.03. The van der Waals surface area contributed by atoms with Crippen molar-refractivity contribution in [2.45, 2.75) is 25.9 Å². The molecule has 2 aromatic carbocycles. The number of ether oxygens (including phenoxy) is 1. The molecule has 1 aromatic heterocycles. The number of hydrogen-bond donors (Lipinski definition) is 1. The molecule has 0 fully saturated rings. The van der Waals surface area contributed by atoms with Crippen molar-refractivity contribution in [1.82, 2.24) is 15.5 Å². The summed E-state index contributed by atoms with van der Waals surface area (Å²) in [5, 5.41) is 9.58. The van der Waals surface area contributed by atoms with E-state index in [1.54, 1.807) is 48.6 Å². The number of carbonyl (C=O) groups is 1. The molecule has 0 bridgehead atoms. The fourth-order valence-electron chi connectivity index (χ4n) is 3.05. The third-order valence-electron chi connectivity index (χ3n) is 4.60. The fourth-order valence-corrected chi connectivity index (χ4v) is 3.47. The molecule has 0 unspecified atom stereocenters. The summed E-state index contributed by atoms with van der Waals surface area (Å²) in [4.78, 5) is 12.7.